The second kappa shape index (κ2) is 5.33. The van der Waals surface area contributed by atoms with Crippen LogP contribution >= 0.6 is 0 Å². The molecule has 0 radical (unpaired) electrons. The van der Waals surface area contributed by atoms with E-state index in [4.69, 9.17) is 5.26 Å². The van der Waals surface area contributed by atoms with Gasteiger partial charge in [0.15, 0.2) is 0 Å². The summed E-state index contributed by atoms with van der Waals surface area (Å²) < 4.78 is 0. The van der Waals surface area contributed by atoms with Crippen molar-refractivity contribution in [1.29, 1.82) is 5.26 Å². The normalized spacial score (nSPS) is 14.4. The average molecular weight is 189 g/mol. The van der Waals surface area contributed by atoms with Gasteiger partial charge in [-0.2, -0.15) is 5.26 Å². The highest BCUT2D eigenvalue weighted by atomic mass is 14.8. The van der Waals surface area contributed by atoms with Gasteiger partial charge in [0.1, 0.15) is 6.33 Å². The topological polar surface area (TPSA) is 49.6 Å². The number of nitriles is 1. The third-order valence-electron chi connectivity index (χ3n) is 2.65. The second-order valence-electron chi connectivity index (χ2n) is 3.53. The van der Waals surface area contributed by atoms with Crippen LogP contribution in [0.3, 0.4) is 0 Å². The zero-order valence-electron chi connectivity index (χ0n) is 8.64. The predicted octanol–water partition coefficient (Wildman–Crippen LogP) is 2.52. The molecule has 3 heteroatoms. The molecule has 0 aliphatic carbocycles. The van der Waals surface area contributed by atoms with Crippen molar-refractivity contribution in [1.82, 2.24) is 9.97 Å². The number of rotatable bonds is 4. The van der Waals surface area contributed by atoms with Gasteiger partial charge in [0.25, 0.3) is 0 Å². The van der Waals surface area contributed by atoms with Crippen LogP contribution in [-0.4, -0.2) is 9.97 Å². The van der Waals surface area contributed by atoms with E-state index >= 15 is 0 Å². The van der Waals surface area contributed by atoms with Crippen LogP contribution in [0.1, 0.15) is 38.2 Å². The summed E-state index contributed by atoms with van der Waals surface area (Å²) in [6.07, 6.45) is 6.75. The molecule has 14 heavy (non-hydrogen) atoms. The van der Waals surface area contributed by atoms with Crippen LogP contribution in [-0.2, 0) is 0 Å². The summed E-state index contributed by atoms with van der Waals surface area (Å²) >= 11 is 0. The van der Waals surface area contributed by atoms with Gasteiger partial charge < -0.3 is 0 Å². The van der Waals surface area contributed by atoms with Crippen molar-refractivity contribution in [2.45, 2.75) is 32.6 Å². The lowest BCUT2D eigenvalue weighted by Gasteiger charge is -2.19. The minimum absolute atomic E-state index is 0.270. The Hall–Kier alpha value is -1.43. The van der Waals surface area contributed by atoms with Crippen molar-refractivity contribution in [3.05, 3.63) is 24.3 Å². The molecule has 1 heterocycles. The van der Waals surface area contributed by atoms with Crippen LogP contribution < -0.4 is 0 Å². The summed E-state index contributed by atoms with van der Waals surface area (Å²) in [6.45, 7) is 4.30. The molecule has 0 saturated heterocycles. The Kier molecular flexibility index (Phi) is 4.06. The molecule has 0 saturated carbocycles. The molecule has 2 unspecified atom stereocenters. The minimum atomic E-state index is 0.270. The molecule has 2 atom stereocenters. The molecule has 0 bridgehead atoms. The maximum Gasteiger partial charge on any atom is 0.115 e. The van der Waals surface area contributed by atoms with E-state index in [1.165, 1.54) is 6.33 Å². The Labute approximate surface area is 84.8 Å². The largest absolute Gasteiger partial charge is 0.245 e. The molecule has 0 spiro atoms. The van der Waals surface area contributed by atoms with Gasteiger partial charge in [0.2, 0.25) is 0 Å². The molecule has 0 N–H and O–H groups in total. The van der Waals surface area contributed by atoms with E-state index in [0.29, 0.717) is 12.3 Å². The molecular weight excluding hydrogens is 174 g/mol. The Balaban J connectivity index is 2.84. The third kappa shape index (κ3) is 2.53. The van der Waals surface area contributed by atoms with Crippen LogP contribution in [0.4, 0.5) is 0 Å². The molecule has 1 aromatic rings. The van der Waals surface area contributed by atoms with Crippen molar-refractivity contribution in [3.63, 3.8) is 0 Å². The maximum atomic E-state index is 8.75. The Morgan fingerprint density at radius 3 is 2.57 bits per heavy atom. The van der Waals surface area contributed by atoms with Gasteiger partial charge in [0.05, 0.1) is 6.07 Å². The number of hydrogen-bond acceptors (Lipinski definition) is 3. The van der Waals surface area contributed by atoms with Crippen LogP contribution in [0.15, 0.2) is 18.7 Å². The van der Waals surface area contributed by atoms with E-state index < -0.39 is 0 Å². The zero-order chi connectivity index (χ0) is 10.4. The highest BCUT2D eigenvalue weighted by molar-refractivity contribution is 5.13. The lowest BCUT2D eigenvalue weighted by molar-refractivity contribution is 0.449. The first-order chi connectivity index (χ1) is 6.79. The van der Waals surface area contributed by atoms with E-state index in [-0.39, 0.29) is 5.92 Å². The van der Waals surface area contributed by atoms with Crippen molar-refractivity contribution in [2.75, 3.05) is 0 Å². The fraction of sp³-hybridized carbons (Fsp3) is 0.545. The molecular formula is C11H15N3. The maximum absolute atomic E-state index is 8.75. The first-order valence-corrected chi connectivity index (χ1v) is 4.91. The van der Waals surface area contributed by atoms with Crippen molar-refractivity contribution in [2.24, 2.45) is 5.92 Å². The molecule has 0 amide bonds. The summed E-state index contributed by atoms with van der Waals surface area (Å²) in [5.41, 5.74) is 1.07. The second-order valence-corrected chi connectivity index (χ2v) is 3.53. The first-order valence-electron chi connectivity index (χ1n) is 4.91. The van der Waals surface area contributed by atoms with Crippen molar-refractivity contribution < 1.29 is 0 Å². The van der Waals surface area contributed by atoms with Gasteiger partial charge in [-0.05, 0) is 11.5 Å². The van der Waals surface area contributed by atoms with Gasteiger partial charge in [-0.25, -0.2) is 9.97 Å². The SMILES string of the molecule is CCC(C)C(CC#N)c1cncnc1. The standard InChI is InChI=1S/C11H15N3/c1-3-9(2)11(4-5-12)10-6-13-8-14-7-10/h6-9,11H,3-4H2,1-2H3. The minimum Gasteiger partial charge on any atom is -0.245 e. The van der Waals surface area contributed by atoms with Crippen molar-refractivity contribution >= 4 is 0 Å². The predicted molar refractivity (Wildman–Crippen MR) is 54.5 cm³/mol. The van der Waals surface area contributed by atoms with Crippen LogP contribution in [0, 0.1) is 17.2 Å². The van der Waals surface area contributed by atoms with E-state index in [2.05, 4.69) is 29.9 Å². The lowest BCUT2D eigenvalue weighted by Crippen LogP contribution is -2.09. The van der Waals surface area contributed by atoms with E-state index in [0.717, 1.165) is 12.0 Å². The molecule has 74 valence electrons. The van der Waals surface area contributed by atoms with Crippen molar-refractivity contribution in [3.8, 4) is 6.07 Å². The number of hydrogen-bond donors (Lipinski definition) is 0. The summed E-state index contributed by atoms with van der Waals surface area (Å²) in [6, 6.07) is 2.23. The van der Waals surface area contributed by atoms with Gasteiger partial charge in [-0.15, -0.1) is 0 Å². The van der Waals surface area contributed by atoms with E-state index in [1.807, 2.05) is 0 Å². The molecule has 1 aromatic heterocycles. The van der Waals surface area contributed by atoms with Crippen LogP contribution in [0.25, 0.3) is 0 Å². The Bertz CT molecular complexity index is 302. The summed E-state index contributed by atoms with van der Waals surface area (Å²) in [5, 5.41) is 8.75. The molecule has 3 nitrogen and oxygen atoms in total. The quantitative estimate of drug-likeness (QED) is 0.731. The highest BCUT2D eigenvalue weighted by Crippen LogP contribution is 2.28. The highest BCUT2D eigenvalue weighted by Gasteiger charge is 2.17. The fourth-order valence-corrected chi connectivity index (χ4v) is 1.53. The van der Waals surface area contributed by atoms with Crippen LogP contribution in [0.2, 0.25) is 0 Å². The molecule has 0 aliphatic rings. The van der Waals surface area contributed by atoms with Gasteiger partial charge >= 0.3 is 0 Å². The lowest BCUT2D eigenvalue weighted by atomic mass is 9.85. The molecule has 0 aliphatic heterocycles. The van der Waals surface area contributed by atoms with E-state index in [1.54, 1.807) is 12.4 Å². The van der Waals surface area contributed by atoms with Gasteiger partial charge in [-0.1, -0.05) is 20.3 Å². The Morgan fingerprint density at radius 2 is 2.07 bits per heavy atom. The summed E-state index contributed by atoms with van der Waals surface area (Å²) in [7, 11) is 0. The average Bonchev–Trinajstić information content (AvgIpc) is 2.26. The summed E-state index contributed by atoms with van der Waals surface area (Å²) in [5.74, 6) is 0.770. The number of aromatic nitrogens is 2. The molecule has 0 aromatic carbocycles. The monoisotopic (exact) mass is 189 g/mol. The zero-order valence-corrected chi connectivity index (χ0v) is 8.64. The Morgan fingerprint density at radius 1 is 1.43 bits per heavy atom. The third-order valence-corrected chi connectivity index (χ3v) is 2.65. The smallest absolute Gasteiger partial charge is 0.115 e. The fourth-order valence-electron chi connectivity index (χ4n) is 1.53. The van der Waals surface area contributed by atoms with E-state index in [9.17, 15) is 0 Å². The van der Waals surface area contributed by atoms with Crippen LogP contribution in [0.5, 0.6) is 0 Å². The number of nitrogens with zero attached hydrogens (tertiary/aromatic N) is 3. The first kappa shape index (κ1) is 10.6. The summed E-state index contributed by atoms with van der Waals surface area (Å²) in [4.78, 5) is 7.97. The van der Waals surface area contributed by atoms with Gasteiger partial charge in [0, 0.05) is 24.7 Å². The molecule has 0 fully saturated rings. The van der Waals surface area contributed by atoms with Gasteiger partial charge in [-0.3, -0.25) is 0 Å². The molecule has 1 rings (SSSR count).